The summed E-state index contributed by atoms with van der Waals surface area (Å²) in [5.74, 6) is 6.34. The molecule has 2 heterocycles. The van der Waals surface area contributed by atoms with Gasteiger partial charge in [0.05, 0.1) is 6.61 Å². The minimum atomic E-state index is 0. The van der Waals surface area contributed by atoms with Crippen LogP contribution in [0.3, 0.4) is 0 Å². The summed E-state index contributed by atoms with van der Waals surface area (Å²) in [7, 11) is 0. The molecule has 3 heteroatoms. The molecular weight excluding hydrogens is 346 g/mol. The summed E-state index contributed by atoms with van der Waals surface area (Å²) < 4.78 is 6.20. The maximum Gasteiger partial charge on any atom is 1.00 e. The molecule has 1 aromatic rings. The van der Waals surface area contributed by atoms with Gasteiger partial charge in [-0.3, -0.25) is 0 Å². The Bertz CT molecular complexity index is 640. The summed E-state index contributed by atoms with van der Waals surface area (Å²) in [6, 6.07) is 10.7. The van der Waals surface area contributed by atoms with E-state index in [1.165, 1.54) is 31.2 Å². The van der Waals surface area contributed by atoms with E-state index in [1.54, 1.807) is 32.1 Å². The first-order chi connectivity index (χ1) is 13.6. The Morgan fingerprint density at radius 2 is 1.62 bits per heavy atom. The van der Waals surface area contributed by atoms with Gasteiger partial charge in [0.25, 0.3) is 0 Å². The Morgan fingerprint density at radius 3 is 2.24 bits per heavy atom. The molecule has 5 fully saturated rings. The predicted octanol–water partition coefficient (Wildman–Crippen LogP) is 3.99. The fourth-order valence-corrected chi connectivity index (χ4v) is 8.96. The molecule has 0 N–H and O–H groups in total. The first kappa shape index (κ1) is 22.1. The summed E-state index contributed by atoms with van der Waals surface area (Å²) in [5.41, 5.74) is 1.92. The molecule has 4 bridgehead atoms. The molecule has 0 spiro atoms. The zero-order chi connectivity index (χ0) is 19.1. The molecule has 1 aromatic carbocycles. The average Bonchev–Trinajstić information content (AvgIpc) is 2.71. The van der Waals surface area contributed by atoms with E-state index < -0.39 is 0 Å². The van der Waals surface area contributed by atoms with Gasteiger partial charge in [0.1, 0.15) is 0 Å². The van der Waals surface area contributed by atoms with Gasteiger partial charge in [0.2, 0.25) is 0 Å². The molecule has 2 aliphatic heterocycles. The number of hydrogen-bond acceptors (Lipinski definition) is 1. The van der Waals surface area contributed by atoms with Crippen LogP contribution in [0.2, 0.25) is 17.5 Å². The monoisotopic (exact) mass is 386 g/mol. The van der Waals surface area contributed by atoms with Gasteiger partial charge in [-0.05, 0) is 42.4 Å². The Kier molecular flexibility index (Phi) is 6.95. The number of fused-ring (bicyclic) bond motifs is 5. The van der Waals surface area contributed by atoms with Crippen molar-refractivity contribution in [3.8, 4) is 0 Å². The second kappa shape index (κ2) is 9.14. The van der Waals surface area contributed by atoms with E-state index in [9.17, 15) is 0 Å². The van der Waals surface area contributed by atoms with Crippen molar-refractivity contribution in [1.82, 2.24) is 0 Å². The van der Waals surface area contributed by atoms with E-state index in [1.807, 2.05) is 0 Å². The largest absolute Gasteiger partial charge is 1.00 e. The minimum Gasteiger partial charge on any atom is -0.377 e. The normalized spacial score (nSPS) is 39.9. The summed E-state index contributed by atoms with van der Waals surface area (Å²) in [6.45, 7) is 6.97. The first-order valence-electron chi connectivity index (χ1n) is 12.5. The summed E-state index contributed by atoms with van der Waals surface area (Å²) >= 11 is 0. The molecule has 0 radical (unpaired) electrons. The topological polar surface area (TPSA) is 9.23 Å². The van der Waals surface area contributed by atoms with Crippen LogP contribution in [0.4, 0.5) is 0 Å². The maximum absolute atomic E-state index is 6.20. The Morgan fingerprint density at radius 1 is 0.966 bits per heavy atom. The molecule has 0 amide bonds. The van der Waals surface area contributed by atoms with Crippen LogP contribution >= 0.6 is 0 Å². The SMILES string of the molecule is CC1(C)[C@H]2C[C@H]([BH-]3C4CCCC3CCC4)[C@@H](CCOCc3ccccc3)[C@@H]1C2.[Li+]. The molecule has 29 heavy (non-hydrogen) atoms. The van der Waals surface area contributed by atoms with Gasteiger partial charge in [-0.15, -0.1) is 0 Å². The van der Waals surface area contributed by atoms with Crippen molar-refractivity contribution >= 4 is 6.71 Å². The standard InChI is InChI=1S/C26H40BO.Li/c1-26(2)20-16-24(26)23(14-15-28-18-19-8-4-3-5-9-19)25(17-20)27-21-10-6-11-22(27)13-7-12-21;/h3-5,8-9,20-25,27H,6-7,10-18H2,1-2H3;/q-1;+1/t20-,21?,22?,23+,24+,25+,27?;/m1./s1. The van der Waals surface area contributed by atoms with E-state index >= 15 is 0 Å². The van der Waals surface area contributed by atoms with Crippen LogP contribution in [0.1, 0.15) is 77.2 Å². The molecule has 2 saturated heterocycles. The number of rotatable bonds is 6. The van der Waals surface area contributed by atoms with Crippen molar-refractivity contribution in [3.63, 3.8) is 0 Å². The third kappa shape index (κ3) is 4.16. The van der Waals surface area contributed by atoms with Crippen molar-refractivity contribution in [2.75, 3.05) is 6.61 Å². The van der Waals surface area contributed by atoms with Gasteiger partial charge in [-0.1, -0.05) is 95.0 Å². The van der Waals surface area contributed by atoms with Crippen LogP contribution in [0, 0.1) is 23.2 Å². The number of hydrogen-bond donors (Lipinski definition) is 0. The van der Waals surface area contributed by atoms with Crippen molar-refractivity contribution in [3.05, 3.63) is 35.9 Å². The summed E-state index contributed by atoms with van der Waals surface area (Å²) in [4.78, 5) is 0. The molecule has 154 valence electrons. The first-order valence-corrected chi connectivity index (χ1v) is 12.5. The third-order valence-electron chi connectivity index (χ3n) is 10.4. The second-order valence-electron chi connectivity index (χ2n) is 11.6. The van der Waals surface area contributed by atoms with Gasteiger partial charge < -0.3 is 4.74 Å². The van der Waals surface area contributed by atoms with Crippen molar-refractivity contribution < 1.29 is 23.6 Å². The van der Waals surface area contributed by atoms with Gasteiger partial charge >= 0.3 is 18.9 Å². The molecule has 3 saturated carbocycles. The molecule has 3 aliphatic carbocycles. The van der Waals surface area contributed by atoms with Crippen LogP contribution in [-0.4, -0.2) is 13.3 Å². The van der Waals surface area contributed by atoms with Gasteiger partial charge in [0, 0.05) is 6.61 Å². The van der Waals surface area contributed by atoms with E-state index in [0.717, 1.165) is 48.4 Å². The molecule has 5 aliphatic rings. The zero-order valence-corrected chi connectivity index (χ0v) is 19.2. The van der Waals surface area contributed by atoms with Crippen LogP contribution < -0.4 is 18.9 Å². The number of benzene rings is 1. The van der Waals surface area contributed by atoms with Gasteiger partial charge in [-0.25, -0.2) is 0 Å². The van der Waals surface area contributed by atoms with Crippen LogP contribution in [0.25, 0.3) is 0 Å². The quantitative estimate of drug-likeness (QED) is 0.531. The Labute approximate surface area is 191 Å². The molecule has 0 unspecified atom stereocenters. The summed E-state index contributed by atoms with van der Waals surface area (Å²) in [5, 5.41) is 0. The molecule has 4 atom stereocenters. The van der Waals surface area contributed by atoms with Gasteiger partial charge in [0.15, 0.2) is 0 Å². The third-order valence-corrected chi connectivity index (χ3v) is 10.4. The average molecular weight is 386 g/mol. The fourth-order valence-electron chi connectivity index (χ4n) is 8.96. The number of ether oxygens (including phenoxy) is 1. The Balaban J connectivity index is 0.00000205. The molecular formula is C26H40BLiO. The van der Waals surface area contributed by atoms with Crippen LogP contribution in [0.5, 0.6) is 0 Å². The van der Waals surface area contributed by atoms with E-state index in [4.69, 9.17) is 4.74 Å². The van der Waals surface area contributed by atoms with Crippen molar-refractivity contribution in [1.29, 1.82) is 0 Å². The van der Waals surface area contributed by atoms with Crippen molar-refractivity contribution in [2.24, 2.45) is 23.2 Å². The molecule has 6 rings (SSSR count). The van der Waals surface area contributed by atoms with Crippen LogP contribution in [-0.2, 0) is 11.3 Å². The maximum atomic E-state index is 6.20. The second-order valence-corrected chi connectivity index (χ2v) is 11.6. The molecule has 1 nitrogen and oxygen atoms in total. The fraction of sp³-hybridized carbons (Fsp3) is 0.769. The smallest absolute Gasteiger partial charge is 0.377 e. The molecule has 0 aromatic heterocycles. The van der Waals surface area contributed by atoms with Crippen LogP contribution in [0.15, 0.2) is 30.3 Å². The summed E-state index contributed by atoms with van der Waals surface area (Å²) in [6.07, 6.45) is 13.8. The van der Waals surface area contributed by atoms with E-state index in [2.05, 4.69) is 44.2 Å². The predicted molar refractivity (Wildman–Crippen MR) is 120 cm³/mol. The van der Waals surface area contributed by atoms with Gasteiger partial charge in [-0.2, -0.15) is 17.5 Å². The van der Waals surface area contributed by atoms with Crippen molar-refractivity contribution in [2.45, 2.75) is 95.7 Å². The minimum absolute atomic E-state index is 0. The van der Waals surface area contributed by atoms with E-state index in [-0.39, 0.29) is 25.6 Å². The van der Waals surface area contributed by atoms with E-state index in [0.29, 0.717) is 5.41 Å². The Hall–Kier alpha value is -0.158. The zero-order valence-electron chi connectivity index (χ0n) is 19.2.